The number of pyridine rings is 1. The topological polar surface area (TPSA) is 91.4 Å². The van der Waals surface area contributed by atoms with Gasteiger partial charge in [-0.2, -0.15) is 0 Å². The number of benzene rings is 1. The molecule has 7 nitrogen and oxygen atoms in total. The van der Waals surface area contributed by atoms with E-state index in [1.54, 1.807) is 0 Å². The summed E-state index contributed by atoms with van der Waals surface area (Å²) in [7, 11) is -4.05. The van der Waals surface area contributed by atoms with Crippen molar-refractivity contribution < 1.29 is 22.0 Å². The third kappa shape index (κ3) is 5.86. The highest BCUT2D eigenvalue weighted by Crippen LogP contribution is 2.19. The fourth-order valence-electron chi connectivity index (χ4n) is 3.07. The quantitative estimate of drug-likeness (QED) is 0.713. The zero-order valence-electron chi connectivity index (χ0n) is 15.7. The average molecular weight is 424 g/mol. The molecule has 0 saturated carbocycles. The summed E-state index contributed by atoms with van der Waals surface area (Å²) in [6, 6.07) is 5.19. The second-order valence-electron chi connectivity index (χ2n) is 6.76. The Morgan fingerprint density at radius 3 is 2.38 bits per heavy atom. The summed E-state index contributed by atoms with van der Waals surface area (Å²) in [6.45, 7) is 1.98. The van der Waals surface area contributed by atoms with Crippen molar-refractivity contribution in [2.24, 2.45) is 0 Å². The molecule has 0 spiro atoms. The normalized spacial score (nSPS) is 14.5. The van der Waals surface area contributed by atoms with Crippen LogP contribution in [0.25, 0.3) is 0 Å². The van der Waals surface area contributed by atoms with E-state index in [9.17, 15) is 22.0 Å². The number of nitrogens with one attached hydrogen (secondary N) is 2. The first-order chi connectivity index (χ1) is 13.8. The van der Waals surface area contributed by atoms with Crippen molar-refractivity contribution in [1.82, 2.24) is 9.88 Å². The van der Waals surface area contributed by atoms with Gasteiger partial charge in [-0.25, -0.2) is 22.2 Å². The Bertz CT molecular complexity index is 942. The van der Waals surface area contributed by atoms with E-state index in [0.29, 0.717) is 24.8 Å². The number of hydrogen-bond acceptors (Lipinski definition) is 5. The second-order valence-corrected chi connectivity index (χ2v) is 8.44. The number of carbonyl (C=O) groups is 1. The average Bonchev–Trinajstić information content (AvgIpc) is 2.68. The highest BCUT2D eigenvalue weighted by atomic mass is 32.2. The Morgan fingerprint density at radius 1 is 1.07 bits per heavy atom. The first-order valence-electron chi connectivity index (χ1n) is 9.30. The lowest BCUT2D eigenvalue weighted by Gasteiger charge is -2.26. The molecule has 1 fully saturated rings. The number of amides is 1. The monoisotopic (exact) mass is 424 g/mol. The number of hydrogen-bond donors (Lipinski definition) is 2. The van der Waals surface area contributed by atoms with Gasteiger partial charge in [-0.3, -0.25) is 9.52 Å². The third-order valence-electron chi connectivity index (χ3n) is 4.52. The fraction of sp³-hybridized carbons (Fsp3) is 0.368. The predicted molar refractivity (Wildman–Crippen MR) is 105 cm³/mol. The summed E-state index contributed by atoms with van der Waals surface area (Å²) in [4.78, 5) is 17.8. The second kappa shape index (κ2) is 9.17. The lowest BCUT2D eigenvalue weighted by atomic mass is 10.1. The number of piperidine rings is 1. The Balaban J connectivity index is 1.55. The van der Waals surface area contributed by atoms with Crippen LogP contribution in [-0.2, 0) is 14.8 Å². The van der Waals surface area contributed by atoms with Gasteiger partial charge < -0.3 is 10.2 Å². The Hall–Kier alpha value is -2.75. The van der Waals surface area contributed by atoms with Crippen molar-refractivity contribution in [3.63, 3.8) is 0 Å². The number of likely N-dealkylation sites (tertiary alicyclic amines) is 1. The fourth-order valence-corrected chi connectivity index (χ4v) is 4.05. The van der Waals surface area contributed by atoms with Crippen molar-refractivity contribution in [3.8, 4) is 0 Å². The van der Waals surface area contributed by atoms with Gasteiger partial charge in [0.1, 0.15) is 22.3 Å². The van der Waals surface area contributed by atoms with Crippen molar-refractivity contribution in [2.45, 2.75) is 30.6 Å². The molecule has 1 aromatic carbocycles. The molecule has 29 heavy (non-hydrogen) atoms. The van der Waals surface area contributed by atoms with Crippen LogP contribution in [0.3, 0.4) is 0 Å². The zero-order chi connectivity index (χ0) is 20.9. The molecule has 10 heteroatoms. The number of aromatic nitrogens is 1. The van der Waals surface area contributed by atoms with Crippen LogP contribution in [0.4, 0.5) is 20.3 Å². The molecular weight excluding hydrogens is 402 g/mol. The Kier molecular flexibility index (Phi) is 6.63. The molecule has 0 unspecified atom stereocenters. The largest absolute Gasteiger partial charge is 0.370 e. The van der Waals surface area contributed by atoms with Gasteiger partial charge in [0, 0.05) is 38.3 Å². The van der Waals surface area contributed by atoms with E-state index in [0.717, 1.165) is 50.7 Å². The van der Waals surface area contributed by atoms with Crippen LogP contribution in [0.2, 0.25) is 0 Å². The van der Waals surface area contributed by atoms with Gasteiger partial charge in [0.25, 0.3) is 10.0 Å². The van der Waals surface area contributed by atoms with E-state index in [1.807, 2.05) is 4.90 Å². The molecule has 3 rings (SSSR count). The third-order valence-corrected chi connectivity index (χ3v) is 5.88. The van der Waals surface area contributed by atoms with E-state index in [-0.39, 0.29) is 16.5 Å². The Morgan fingerprint density at radius 2 is 1.76 bits per heavy atom. The molecule has 0 bridgehead atoms. The molecule has 1 aliphatic rings. The summed E-state index contributed by atoms with van der Waals surface area (Å²) in [6.07, 6.45) is 4.69. The Labute approximate surface area is 168 Å². The number of sulfonamides is 1. The maximum absolute atomic E-state index is 13.2. The van der Waals surface area contributed by atoms with Crippen molar-refractivity contribution in [2.75, 3.05) is 29.7 Å². The molecule has 2 heterocycles. The van der Waals surface area contributed by atoms with Crippen molar-refractivity contribution in [1.29, 1.82) is 0 Å². The lowest BCUT2D eigenvalue weighted by molar-refractivity contribution is -0.131. The van der Waals surface area contributed by atoms with Crippen LogP contribution in [0.15, 0.2) is 41.4 Å². The molecule has 0 radical (unpaired) electrons. The van der Waals surface area contributed by atoms with Crippen LogP contribution in [-0.4, -0.2) is 43.8 Å². The molecular formula is C19H22F2N4O3S. The molecule has 1 saturated heterocycles. The molecule has 2 aromatic rings. The van der Waals surface area contributed by atoms with Crippen LogP contribution in [0.1, 0.15) is 25.7 Å². The number of halogens is 2. The summed E-state index contributed by atoms with van der Waals surface area (Å²) in [5.74, 6) is -1.27. The maximum Gasteiger partial charge on any atom is 0.263 e. The van der Waals surface area contributed by atoms with Crippen LogP contribution in [0.5, 0.6) is 0 Å². The van der Waals surface area contributed by atoms with E-state index in [2.05, 4.69) is 15.0 Å². The van der Waals surface area contributed by atoms with Crippen molar-refractivity contribution in [3.05, 3.63) is 48.2 Å². The van der Waals surface area contributed by atoms with E-state index >= 15 is 0 Å². The predicted octanol–water partition coefficient (Wildman–Crippen LogP) is 2.98. The van der Waals surface area contributed by atoms with Gasteiger partial charge in [0.2, 0.25) is 5.91 Å². The van der Waals surface area contributed by atoms with Gasteiger partial charge in [-0.1, -0.05) is 0 Å². The first-order valence-corrected chi connectivity index (χ1v) is 10.8. The van der Waals surface area contributed by atoms with Gasteiger partial charge in [0.05, 0.1) is 5.69 Å². The molecule has 1 amide bonds. The number of rotatable bonds is 7. The van der Waals surface area contributed by atoms with Gasteiger partial charge >= 0.3 is 0 Å². The van der Waals surface area contributed by atoms with E-state index in [4.69, 9.17) is 0 Å². The van der Waals surface area contributed by atoms with Gasteiger partial charge in [-0.05, 0) is 43.5 Å². The summed E-state index contributed by atoms with van der Waals surface area (Å²) in [5, 5.41) is 2.98. The van der Waals surface area contributed by atoms with E-state index < -0.39 is 21.7 Å². The minimum absolute atomic E-state index is 0.0860. The molecule has 2 N–H and O–H groups in total. The highest BCUT2D eigenvalue weighted by Gasteiger charge is 2.17. The summed E-state index contributed by atoms with van der Waals surface area (Å²) < 4.78 is 53.3. The standard InChI is InChI=1S/C19H22F2N4O3S/c20-14-10-15(21)12-16(11-14)24-29(27,28)17-4-5-18(23-13-17)22-7-6-19(26)25-8-2-1-3-9-25/h4-5,10-13,24H,1-3,6-9H2,(H,22,23). The van der Waals surface area contributed by atoms with Gasteiger partial charge in [-0.15, -0.1) is 0 Å². The number of carbonyl (C=O) groups excluding carboxylic acids is 1. The zero-order valence-corrected chi connectivity index (χ0v) is 16.5. The SMILES string of the molecule is O=C(CCNc1ccc(S(=O)(=O)Nc2cc(F)cc(F)c2)cn1)N1CCCCC1. The molecule has 156 valence electrons. The van der Waals surface area contributed by atoms with Gasteiger partial charge in [0.15, 0.2) is 0 Å². The van der Waals surface area contributed by atoms with Crippen LogP contribution >= 0.6 is 0 Å². The molecule has 1 aromatic heterocycles. The molecule has 0 atom stereocenters. The van der Waals surface area contributed by atoms with E-state index in [1.165, 1.54) is 12.1 Å². The minimum atomic E-state index is -4.05. The number of nitrogens with zero attached hydrogens (tertiary/aromatic N) is 2. The minimum Gasteiger partial charge on any atom is -0.370 e. The smallest absolute Gasteiger partial charge is 0.263 e. The first kappa shape index (κ1) is 21.0. The molecule has 0 aliphatic carbocycles. The lowest BCUT2D eigenvalue weighted by Crippen LogP contribution is -2.36. The highest BCUT2D eigenvalue weighted by molar-refractivity contribution is 7.92. The molecule has 1 aliphatic heterocycles. The number of anilines is 2. The van der Waals surface area contributed by atoms with Crippen molar-refractivity contribution >= 4 is 27.4 Å². The summed E-state index contributed by atoms with van der Waals surface area (Å²) >= 11 is 0. The van der Waals surface area contributed by atoms with Crippen LogP contribution < -0.4 is 10.0 Å². The van der Waals surface area contributed by atoms with Crippen LogP contribution in [0, 0.1) is 11.6 Å². The maximum atomic E-state index is 13.2. The summed E-state index contributed by atoms with van der Waals surface area (Å²) in [5.41, 5.74) is -0.221.